The third-order valence-electron chi connectivity index (χ3n) is 3.72. The van der Waals surface area contributed by atoms with Gasteiger partial charge in [0, 0.05) is 27.7 Å². The number of hydrogen-bond donors (Lipinski definition) is 0. The van der Waals surface area contributed by atoms with Gasteiger partial charge in [0.25, 0.3) is 0 Å². The summed E-state index contributed by atoms with van der Waals surface area (Å²) in [6.45, 7) is 6.77. The van der Waals surface area contributed by atoms with Gasteiger partial charge in [-0.2, -0.15) is 0 Å². The number of ether oxygens (including phenoxy) is 1. The Morgan fingerprint density at radius 1 is 1.33 bits per heavy atom. The van der Waals surface area contributed by atoms with Crippen LogP contribution < -0.4 is 0 Å². The van der Waals surface area contributed by atoms with Crippen LogP contribution in [0.3, 0.4) is 0 Å². The average Bonchev–Trinajstić information content (AvgIpc) is 2.39. The number of rotatable bonds is 1. The molecule has 5 heteroatoms. The van der Waals surface area contributed by atoms with Crippen LogP contribution in [0, 0.1) is 13.8 Å². The zero-order valence-corrected chi connectivity index (χ0v) is 15.9. The highest BCUT2D eigenvalue weighted by atomic mass is 127. The Kier molecular flexibility index (Phi) is 6.93. The molecule has 1 heterocycles. The van der Waals surface area contributed by atoms with Crippen molar-refractivity contribution >= 4 is 29.9 Å². The number of aliphatic imine (C=N–C) groups is 1. The molecule has 0 spiro atoms. The number of guanidine groups is 1. The highest BCUT2D eigenvalue weighted by molar-refractivity contribution is 14.0. The molecule has 0 aliphatic carbocycles. The number of hydrogen-bond acceptors (Lipinski definition) is 2. The molecule has 1 atom stereocenters. The largest absolute Gasteiger partial charge is 0.370 e. The zero-order valence-electron chi connectivity index (χ0n) is 13.6. The van der Waals surface area contributed by atoms with Crippen molar-refractivity contribution in [2.45, 2.75) is 20.0 Å². The smallest absolute Gasteiger partial charge is 0.195 e. The predicted molar refractivity (Wildman–Crippen MR) is 98.6 cm³/mol. The molecule has 0 aromatic heterocycles. The number of nitrogens with zero attached hydrogens (tertiary/aromatic N) is 3. The monoisotopic (exact) mass is 403 g/mol. The van der Waals surface area contributed by atoms with Crippen LogP contribution in [0.2, 0.25) is 0 Å². The molecule has 1 aromatic rings. The molecule has 0 N–H and O–H groups in total. The Hall–Kier alpha value is -0.820. The van der Waals surface area contributed by atoms with Gasteiger partial charge in [-0.05, 0) is 25.0 Å². The van der Waals surface area contributed by atoms with E-state index in [9.17, 15) is 0 Å². The first-order chi connectivity index (χ1) is 9.52. The van der Waals surface area contributed by atoms with Gasteiger partial charge in [-0.15, -0.1) is 24.0 Å². The summed E-state index contributed by atoms with van der Waals surface area (Å²) in [5.74, 6) is 1.02. The van der Waals surface area contributed by atoms with Crippen LogP contribution in [-0.4, -0.2) is 56.6 Å². The molecule has 0 radical (unpaired) electrons. The van der Waals surface area contributed by atoms with E-state index in [0.29, 0.717) is 0 Å². The van der Waals surface area contributed by atoms with Crippen molar-refractivity contribution in [3.63, 3.8) is 0 Å². The van der Waals surface area contributed by atoms with Crippen LogP contribution in [-0.2, 0) is 4.74 Å². The van der Waals surface area contributed by atoms with Gasteiger partial charge in [0.15, 0.2) is 5.96 Å². The molecule has 1 fully saturated rings. The van der Waals surface area contributed by atoms with Gasteiger partial charge in [-0.1, -0.05) is 23.8 Å². The number of halogens is 1. The van der Waals surface area contributed by atoms with Gasteiger partial charge >= 0.3 is 0 Å². The Morgan fingerprint density at radius 3 is 2.62 bits per heavy atom. The molecule has 2 rings (SSSR count). The van der Waals surface area contributed by atoms with Crippen LogP contribution in [0.1, 0.15) is 22.8 Å². The fraction of sp³-hybridized carbons (Fsp3) is 0.562. The van der Waals surface area contributed by atoms with Gasteiger partial charge in [0.05, 0.1) is 13.2 Å². The highest BCUT2D eigenvalue weighted by Gasteiger charge is 2.25. The topological polar surface area (TPSA) is 28.1 Å². The summed E-state index contributed by atoms with van der Waals surface area (Å²) in [5.41, 5.74) is 3.88. The van der Waals surface area contributed by atoms with Crippen molar-refractivity contribution in [1.29, 1.82) is 0 Å². The van der Waals surface area contributed by atoms with Gasteiger partial charge in [0.1, 0.15) is 6.10 Å². The van der Waals surface area contributed by atoms with E-state index < -0.39 is 0 Å². The van der Waals surface area contributed by atoms with Gasteiger partial charge in [0.2, 0.25) is 0 Å². The first-order valence-corrected chi connectivity index (χ1v) is 7.10. The van der Waals surface area contributed by atoms with E-state index in [2.05, 4.69) is 46.8 Å². The predicted octanol–water partition coefficient (Wildman–Crippen LogP) is 2.84. The van der Waals surface area contributed by atoms with Gasteiger partial charge < -0.3 is 14.5 Å². The van der Waals surface area contributed by atoms with Crippen molar-refractivity contribution in [2.75, 3.05) is 40.8 Å². The van der Waals surface area contributed by atoms with Crippen LogP contribution in [0.25, 0.3) is 0 Å². The van der Waals surface area contributed by atoms with Crippen molar-refractivity contribution in [3.05, 3.63) is 34.9 Å². The van der Waals surface area contributed by atoms with Gasteiger partial charge in [-0.25, -0.2) is 0 Å². The zero-order chi connectivity index (χ0) is 14.7. The number of aryl methyl sites for hydroxylation is 2. The second kappa shape index (κ2) is 7.98. The molecule has 1 unspecified atom stereocenters. The molecule has 0 amide bonds. The minimum Gasteiger partial charge on any atom is -0.370 e. The van der Waals surface area contributed by atoms with E-state index in [1.165, 1.54) is 16.7 Å². The summed E-state index contributed by atoms with van der Waals surface area (Å²) in [5, 5.41) is 0. The molecule has 118 valence electrons. The fourth-order valence-electron chi connectivity index (χ4n) is 2.83. The highest BCUT2D eigenvalue weighted by Crippen LogP contribution is 2.26. The van der Waals surface area contributed by atoms with Crippen LogP contribution in [0.4, 0.5) is 0 Å². The molecule has 0 saturated carbocycles. The summed E-state index contributed by atoms with van der Waals surface area (Å²) in [6.07, 6.45) is 0.126. The lowest BCUT2D eigenvalue weighted by molar-refractivity contribution is -0.0101. The second-order valence-corrected chi connectivity index (χ2v) is 5.58. The molecule has 1 aliphatic heterocycles. The van der Waals surface area contributed by atoms with E-state index in [4.69, 9.17) is 4.74 Å². The standard InChI is InChI=1S/C16H25N3O.HI/c1-12-6-7-14(13(2)10-12)15-11-19(8-9-20-15)16(17-3)18(4)5;/h6-7,10,15H,8-9,11H2,1-5H3;1H. The first-order valence-electron chi connectivity index (χ1n) is 7.10. The molecular formula is C16H26IN3O. The lowest BCUT2D eigenvalue weighted by atomic mass is 10.00. The molecule has 1 aromatic carbocycles. The quantitative estimate of drug-likeness (QED) is 0.410. The maximum Gasteiger partial charge on any atom is 0.195 e. The van der Waals surface area contributed by atoms with Crippen molar-refractivity contribution < 1.29 is 4.74 Å². The molecular weight excluding hydrogens is 377 g/mol. The molecule has 1 saturated heterocycles. The molecule has 21 heavy (non-hydrogen) atoms. The van der Waals surface area contributed by atoms with E-state index in [0.717, 1.165) is 25.7 Å². The fourth-order valence-corrected chi connectivity index (χ4v) is 2.83. The number of morpholine rings is 1. The minimum atomic E-state index is 0. The van der Waals surface area contributed by atoms with Crippen LogP contribution in [0.5, 0.6) is 0 Å². The maximum absolute atomic E-state index is 5.97. The maximum atomic E-state index is 5.97. The van der Waals surface area contributed by atoms with Gasteiger partial charge in [-0.3, -0.25) is 4.99 Å². The molecule has 4 nitrogen and oxygen atoms in total. The average molecular weight is 403 g/mol. The summed E-state index contributed by atoms with van der Waals surface area (Å²) >= 11 is 0. The third-order valence-corrected chi connectivity index (χ3v) is 3.72. The number of benzene rings is 1. The summed E-state index contributed by atoms with van der Waals surface area (Å²) in [7, 11) is 5.91. The van der Waals surface area contributed by atoms with Crippen molar-refractivity contribution in [2.24, 2.45) is 4.99 Å². The van der Waals surface area contributed by atoms with E-state index >= 15 is 0 Å². The van der Waals surface area contributed by atoms with Crippen molar-refractivity contribution in [3.8, 4) is 0 Å². The van der Waals surface area contributed by atoms with E-state index in [1.807, 2.05) is 21.1 Å². The summed E-state index contributed by atoms with van der Waals surface area (Å²) in [6, 6.07) is 6.57. The Morgan fingerprint density at radius 2 is 2.05 bits per heavy atom. The normalized spacial score (nSPS) is 19.2. The lowest BCUT2D eigenvalue weighted by Crippen LogP contribution is -2.47. The summed E-state index contributed by atoms with van der Waals surface area (Å²) in [4.78, 5) is 8.75. The Bertz CT molecular complexity index is 502. The van der Waals surface area contributed by atoms with E-state index in [-0.39, 0.29) is 30.1 Å². The second-order valence-electron chi connectivity index (χ2n) is 5.58. The van der Waals surface area contributed by atoms with Crippen LogP contribution >= 0.6 is 24.0 Å². The molecule has 1 aliphatic rings. The Balaban J connectivity index is 0.00000220. The lowest BCUT2D eigenvalue weighted by Gasteiger charge is -2.37. The SMILES string of the molecule is CN=C(N(C)C)N1CCOC(c2ccc(C)cc2C)C1.I. The Labute approximate surface area is 145 Å². The van der Waals surface area contributed by atoms with Crippen LogP contribution in [0.15, 0.2) is 23.2 Å². The first kappa shape index (κ1) is 18.2. The minimum absolute atomic E-state index is 0. The molecule has 0 bridgehead atoms. The van der Waals surface area contributed by atoms with E-state index in [1.54, 1.807) is 0 Å². The van der Waals surface area contributed by atoms with Crippen molar-refractivity contribution in [1.82, 2.24) is 9.80 Å². The third kappa shape index (κ3) is 4.32. The summed E-state index contributed by atoms with van der Waals surface area (Å²) < 4.78 is 5.97.